The van der Waals surface area contributed by atoms with E-state index in [0.717, 1.165) is 12.0 Å². The SMILES string of the molecule is CC(C)C1CCC2(CC2)N1C(C)N. The van der Waals surface area contributed by atoms with E-state index >= 15 is 0 Å². The predicted molar refractivity (Wildman–Crippen MR) is 55.3 cm³/mol. The Balaban J connectivity index is 2.14. The Hall–Kier alpha value is -0.0800. The highest BCUT2D eigenvalue weighted by Gasteiger charge is 2.55. The predicted octanol–water partition coefficient (Wildman–Crippen LogP) is 1.94. The molecule has 1 heterocycles. The van der Waals surface area contributed by atoms with E-state index in [9.17, 15) is 0 Å². The fraction of sp³-hybridized carbons (Fsp3) is 1.00. The van der Waals surface area contributed by atoms with Crippen molar-refractivity contribution >= 4 is 0 Å². The molecule has 2 N–H and O–H groups in total. The van der Waals surface area contributed by atoms with Gasteiger partial charge in [0, 0.05) is 11.6 Å². The zero-order valence-electron chi connectivity index (χ0n) is 9.09. The van der Waals surface area contributed by atoms with Crippen LogP contribution < -0.4 is 5.73 Å². The molecule has 0 bridgehead atoms. The highest BCUT2D eigenvalue weighted by molar-refractivity contribution is 5.11. The van der Waals surface area contributed by atoms with Gasteiger partial charge in [-0.15, -0.1) is 0 Å². The molecular weight excluding hydrogens is 160 g/mol. The van der Waals surface area contributed by atoms with Crippen LogP contribution in [0, 0.1) is 5.92 Å². The second kappa shape index (κ2) is 2.96. The molecule has 2 nitrogen and oxygen atoms in total. The molecule has 2 unspecified atom stereocenters. The first-order valence-corrected chi connectivity index (χ1v) is 5.61. The van der Waals surface area contributed by atoms with E-state index in [4.69, 9.17) is 5.73 Å². The zero-order chi connectivity index (χ0) is 9.64. The van der Waals surface area contributed by atoms with Crippen LogP contribution in [0.5, 0.6) is 0 Å². The van der Waals surface area contributed by atoms with E-state index in [2.05, 4.69) is 25.7 Å². The molecule has 2 rings (SSSR count). The lowest BCUT2D eigenvalue weighted by Crippen LogP contribution is -2.50. The Morgan fingerprint density at radius 1 is 1.23 bits per heavy atom. The van der Waals surface area contributed by atoms with Gasteiger partial charge in [0.2, 0.25) is 0 Å². The van der Waals surface area contributed by atoms with E-state index in [1.165, 1.54) is 25.7 Å². The van der Waals surface area contributed by atoms with Crippen molar-refractivity contribution in [1.29, 1.82) is 0 Å². The number of rotatable bonds is 2. The molecule has 1 spiro atoms. The number of hydrogen-bond donors (Lipinski definition) is 1. The standard InChI is InChI=1S/C11H22N2/c1-8(2)10-4-5-11(6-7-11)13(10)9(3)12/h8-10H,4-7,12H2,1-3H3. The van der Waals surface area contributed by atoms with Crippen LogP contribution in [0.4, 0.5) is 0 Å². The second-order valence-electron chi connectivity index (χ2n) is 5.22. The Morgan fingerprint density at radius 2 is 1.85 bits per heavy atom. The number of hydrogen-bond acceptors (Lipinski definition) is 2. The van der Waals surface area contributed by atoms with Crippen LogP contribution in [0.1, 0.15) is 46.5 Å². The molecule has 0 amide bonds. The first-order valence-electron chi connectivity index (χ1n) is 5.61. The maximum atomic E-state index is 6.07. The molecule has 76 valence electrons. The quantitative estimate of drug-likeness (QED) is 0.707. The molecule has 1 aliphatic heterocycles. The summed E-state index contributed by atoms with van der Waals surface area (Å²) < 4.78 is 0. The summed E-state index contributed by atoms with van der Waals surface area (Å²) in [6.45, 7) is 6.78. The summed E-state index contributed by atoms with van der Waals surface area (Å²) in [6, 6.07) is 0.738. The lowest BCUT2D eigenvalue weighted by molar-refractivity contribution is 0.101. The third kappa shape index (κ3) is 1.40. The first-order chi connectivity index (χ1) is 6.07. The van der Waals surface area contributed by atoms with Crippen LogP contribution in [-0.2, 0) is 0 Å². The smallest absolute Gasteiger partial charge is 0.0550 e. The van der Waals surface area contributed by atoms with Gasteiger partial charge in [-0.3, -0.25) is 4.90 Å². The zero-order valence-corrected chi connectivity index (χ0v) is 9.09. The molecule has 0 aromatic rings. The van der Waals surface area contributed by atoms with Gasteiger partial charge in [0.1, 0.15) is 0 Å². The van der Waals surface area contributed by atoms with Gasteiger partial charge in [-0.25, -0.2) is 0 Å². The minimum Gasteiger partial charge on any atom is -0.316 e. The highest BCUT2D eigenvalue weighted by atomic mass is 15.3. The third-order valence-electron chi connectivity index (χ3n) is 3.85. The maximum Gasteiger partial charge on any atom is 0.0550 e. The van der Waals surface area contributed by atoms with E-state index < -0.39 is 0 Å². The van der Waals surface area contributed by atoms with Gasteiger partial charge in [0.05, 0.1) is 6.17 Å². The van der Waals surface area contributed by atoms with Crippen LogP contribution in [0.2, 0.25) is 0 Å². The molecule has 0 aromatic carbocycles. The van der Waals surface area contributed by atoms with Gasteiger partial charge in [-0.2, -0.15) is 0 Å². The van der Waals surface area contributed by atoms with Gasteiger partial charge in [-0.1, -0.05) is 13.8 Å². The summed E-state index contributed by atoms with van der Waals surface area (Å²) >= 11 is 0. The number of likely N-dealkylation sites (tertiary alicyclic amines) is 1. The molecular formula is C11H22N2. The van der Waals surface area contributed by atoms with Crippen LogP contribution in [0.25, 0.3) is 0 Å². The molecule has 2 atom stereocenters. The van der Waals surface area contributed by atoms with E-state index in [-0.39, 0.29) is 6.17 Å². The molecule has 1 saturated carbocycles. The lowest BCUT2D eigenvalue weighted by atomic mass is 10.0. The van der Waals surface area contributed by atoms with Gasteiger partial charge in [0.25, 0.3) is 0 Å². The molecule has 0 aromatic heterocycles. The summed E-state index contributed by atoms with van der Waals surface area (Å²) in [7, 11) is 0. The fourth-order valence-corrected chi connectivity index (χ4v) is 3.08. The summed E-state index contributed by atoms with van der Waals surface area (Å²) in [4.78, 5) is 2.59. The van der Waals surface area contributed by atoms with Gasteiger partial charge in [0.15, 0.2) is 0 Å². The third-order valence-corrected chi connectivity index (χ3v) is 3.85. The van der Waals surface area contributed by atoms with Crippen LogP contribution in [0.3, 0.4) is 0 Å². The van der Waals surface area contributed by atoms with Crippen LogP contribution in [-0.4, -0.2) is 22.6 Å². The van der Waals surface area contributed by atoms with Crippen molar-refractivity contribution < 1.29 is 0 Å². The number of nitrogens with two attached hydrogens (primary N) is 1. The minimum absolute atomic E-state index is 0.248. The fourth-order valence-electron chi connectivity index (χ4n) is 3.08. The minimum atomic E-state index is 0.248. The van der Waals surface area contributed by atoms with Crippen molar-refractivity contribution in [1.82, 2.24) is 4.90 Å². The maximum absolute atomic E-state index is 6.07. The first kappa shape index (κ1) is 9.47. The molecule has 0 radical (unpaired) electrons. The normalized spacial score (nSPS) is 34.4. The lowest BCUT2D eigenvalue weighted by Gasteiger charge is -2.35. The summed E-state index contributed by atoms with van der Waals surface area (Å²) in [5.74, 6) is 0.756. The monoisotopic (exact) mass is 182 g/mol. The Morgan fingerprint density at radius 3 is 2.23 bits per heavy atom. The highest BCUT2D eigenvalue weighted by Crippen LogP contribution is 2.53. The Kier molecular flexibility index (Phi) is 2.16. The molecule has 2 aliphatic rings. The molecule has 1 aliphatic carbocycles. The van der Waals surface area contributed by atoms with Gasteiger partial charge < -0.3 is 5.73 Å². The van der Waals surface area contributed by atoms with Crippen molar-refractivity contribution in [3.05, 3.63) is 0 Å². The van der Waals surface area contributed by atoms with Crippen molar-refractivity contribution in [2.45, 2.75) is 64.2 Å². The van der Waals surface area contributed by atoms with Crippen LogP contribution >= 0.6 is 0 Å². The van der Waals surface area contributed by atoms with Gasteiger partial charge in [-0.05, 0) is 38.5 Å². The van der Waals surface area contributed by atoms with E-state index in [0.29, 0.717) is 5.54 Å². The summed E-state index contributed by atoms with van der Waals surface area (Å²) in [5.41, 5.74) is 6.61. The summed E-state index contributed by atoms with van der Waals surface area (Å²) in [5, 5.41) is 0. The Labute approximate surface area is 81.5 Å². The molecule has 2 fully saturated rings. The Bertz CT molecular complexity index is 194. The average Bonchev–Trinajstić information content (AvgIpc) is 2.61. The van der Waals surface area contributed by atoms with E-state index in [1.807, 2.05) is 0 Å². The van der Waals surface area contributed by atoms with Crippen molar-refractivity contribution in [2.24, 2.45) is 11.7 Å². The van der Waals surface area contributed by atoms with Crippen molar-refractivity contribution in [2.75, 3.05) is 0 Å². The molecule has 2 heteroatoms. The van der Waals surface area contributed by atoms with E-state index in [1.54, 1.807) is 0 Å². The summed E-state index contributed by atoms with van der Waals surface area (Å²) in [6.07, 6.45) is 5.77. The average molecular weight is 182 g/mol. The topological polar surface area (TPSA) is 29.3 Å². The number of nitrogens with zero attached hydrogens (tertiary/aromatic N) is 1. The molecule has 1 saturated heterocycles. The molecule has 13 heavy (non-hydrogen) atoms. The van der Waals surface area contributed by atoms with Crippen LogP contribution in [0.15, 0.2) is 0 Å². The van der Waals surface area contributed by atoms with Crippen molar-refractivity contribution in [3.8, 4) is 0 Å². The second-order valence-corrected chi connectivity index (χ2v) is 5.22. The van der Waals surface area contributed by atoms with Crippen molar-refractivity contribution in [3.63, 3.8) is 0 Å². The van der Waals surface area contributed by atoms with Gasteiger partial charge >= 0.3 is 0 Å². The largest absolute Gasteiger partial charge is 0.316 e.